The number of methoxy groups -OCH3 is 2. The van der Waals surface area contributed by atoms with Crippen molar-refractivity contribution in [3.63, 3.8) is 0 Å². The third kappa shape index (κ3) is 3.19. The summed E-state index contributed by atoms with van der Waals surface area (Å²) in [5, 5.41) is 5.04. The van der Waals surface area contributed by atoms with Crippen molar-refractivity contribution in [1.82, 2.24) is 0 Å². The fraction of sp³-hybridized carbons (Fsp3) is 0.154. The highest BCUT2D eigenvalue weighted by Gasteiger charge is 2.12. The van der Waals surface area contributed by atoms with Crippen LogP contribution in [0.3, 0.4) is 0 Å². The van der Waals surface area contributed by atoms with Crippen molar-refractivity contribution in [2.45, 2.75) is 0 Å². The molecule has 0 aliphatic carbocycles. The first-order chi connectivity index (χ1) is 9.13. The summed E-state index contributed by atoms with van der Waals surface area (Å²) in [4.78, 5) is 12.5. The Morgan fingerprint density at radius 2 is 2.05 bits per heavy atom. The molecule has 1 aromatic carbocycles. The van der Waals surface area contributed by atoms with Crippen molar-refractivity contribution >= 4 is 34.5 Å². The maximum Gasteiger partial charge on any atom is 0.265 e. The summed E-state index contributed by atoms with van der Waals surface area (Å²) in [7, 11) is 3.10. The van der Waals surface area contributed by atoms with Gasteiger partial charge in [0, 0.05) is 11.4 Å². The highest BCUT2D eigenvalue weighted by atomic mass is 35.5. The van der Waals surface area contributed by atoms with E-state index < -0.39 is 0 Å². The Labute approximate surface area is 119 Å². The number of benzene rings is 1. The van der Waals surface area contributed by atoms with Gasteiger partial charge in [-0.3, -0.25) is 4.79 Å². The smallest absolute Gasteiger partial charge is 0.265 e. The number of amides is 1. The van der Waals surface area contributed by atoms with Crippen LogP contribution in [0.25, 0.3) is 0 Å². The van der Waals surface area contributed by atoms with Gasteiger partial charge in [0.15, 0.2) is 0 Å². The molecule has 0 aliphatic rings. The van der Waals surface area contributed by atoms with E-state index in [0.717, 1.165) is 0 Å². The van der Waals surface area contributed by atoms with Crippen LogP contribution in [-0.2, 0) is 0 Å². The van der Waals surface area contributed by atoms with Crippen LogP contribution < -0.4 is 14.8 Å². The van der Waals surface area contributed by atoms with Crippen molar-refractivity contribution in [2.24, 2.45) is 0 Å². The van der Waals surface area contributed by atoms with E-state index >= 15 is 0 Å². The first kappa shape index (κ1) is 13.7. The SMILES string of the molecule is COc1ccc(NC(=O)c2cc(Cl)cs2)c(OC)c1. The fourth-order valence-corrected chi connectivity index (χ4v) is 2.49. The monoisotopic (exact) mass is 297 g/mol. The van der Waals surface area contributed by atoms with E-state index in [0.29, 0.717) is 27.1 Å². The zero-order valence-electron chi connectivity index (χ0n) is 10.4. The number of carbonyl (C=O) groups is 1. The minimum atomic E-state index is -0.222. The molecule has 1 aromatic heterocycles. The Hall–Kier alpha value is -1.72. The molecule has 0 spiro atoms. The molecule has 4 nitrogen and oxygen atoms in total. The average molecular weight is 298 g/mol. The van der Waals surface area contributed by atoms with Crippen molar-refractivity contribution in [1.29, 1.82) is 0 Å². The predicted octanol–water partition coefficient (Wildman–Crippen LogP) is 3.67. The van der Waals surface area contributed by atoms with Gasteiger partial charge in [-0.15, -0.1) is 11.3 Å². The molecule has 6 heteroatoms. The summed E-state index contributed by atoms with van der Waals surface area (Å²) < 4.78 is 10.3. The van der Waals surface area contributed by atoms with Gasteiger partial charge in [0.25, 0.3) is 5.91 Å². The van der Waals surface area contributed by atoms with Crippen LogP contribution in [0.2, 0.25) is 5.02 Å². The molecular formula is C13H12ClNO3S. The second-order valence-corrected chi connectivity index (χ2v) is 5.00. The van der Waals surface area contributed by atoms with Gasteiger partial charge < -0.3 is 14.8 Å². The van der Waals surface area contributed by atoms with Crippen LogP contribution in [0.4, 0.5) is 5.69 Å². The molecule has 1 N–H and O–H groups in total. The lowest BCUT2D eigenvalue weighted by Gasteiger charge is -2.10. The number of halogens is 1. The fourth-order valence-electron chi connectivity index (χ4n) is 1.52. The zero-order chi connectivity index (χ0) is 13.8. The Bertz CT molecular complexity index is 597. The van der Waals surface area contributed by atoms with E-state index in [2.05, 4.69) is 5.32 Å². The minimum Gasteiger partial charge on any atom is -0.497 e. The lowest BCUT2D eigenvalue weighted by atomic mass is 10.2. The summed E-state index contributed by atoms with van der Waals surface area (Å²) >= 11 is 7.08. The van der Waals surface area contributed by atoms with Crippen LogP contribution in [0.1, 0.15) is 9.67 Å². The molecule has 0 radical (unpaired) electrons. The molecule has 0 fully saturated rings. The first-order valence-corrected chi connectivity index (χ1v) is 6.67. The molecule has 0 aliphatic heterocycles. The lowest BCUT2D eigenvalue weighted by molar-refractivity contribution is 0.103. The summed E-state index contributed by atoms with van der Waals surface area (Å²) in [5.41, 5.74) is 0.581. The van der Waals surface area contributed by atoms with Crippen LogP contribution in [0.15, 0.2) is 29.6 Å². The Balaban J connectivity index is 2.21. The van der Waals surface area contributed by atoms with Gasteiger partial charge in [0.05, 0.1) is 29.8 Å². The number of carbonyl (C=O) groups excluding carboxylic acids is 1. The number of hydrogen-bond donors (Lipinski definition) is 1. The number of rotatable bonds is 4. The Kier molecular flexibility index (Phi) is 4.29. The van der Waals surface area contributed by atoms with E-state index in [1.54, 1.807) is 36.8 Å². The quantitative estimate of drug-likeness (QED) is 0.936. The van der Waals surface area contributed by atoms with E-state index in [1.807, 2.05) is 0 Å². The van der Waals surface area contributed by atoms with Gasteiger partial charge in [0.2, 0.25) is 0 Å². The molecule has 19 heavy (non-hydrogen) atoms. The van der Waals surface area contributed by atoms with Crippen molar-refractivity contribution in [3.8, 4) is 11.5 Å². The number of nitrogens with one attached hydrogen (secondary N) is 1. The molecular weight excluding hydrogens is 286 g/mol. The largest absolute Gasteiger partial charge is 0.497 e. The molecule has 2 rings (SSSR count). The van der Waals surface area contributed by atoms with Crippen LogP contribution in [-0.4, -0.2) is 20.1 Å². The van der Waals surface area contributed by atoms with Gasteiger partial charge in [-0.25, -0.2) is 0 Å². The van der Waals surface area contributed by atoms with Crippen LogP contribution in [0.5, 0.6) is 11.5 Å². The summed E-state index contributed by atoms with van der Waals surface area (Å²) in [6.07, 6.45) is 0. The van der Waals surface area contributed by atoms with E-state index in [9.17, 15) is 4.79 Å². The Morgan fingerprint density at radius 1 is 1.26 bits per heavy atom. The van der Waals surface area contributed by atoms with Crippen LogP contribution in [0, 0.1) is 0 Å². The molecule has 1 heterocycles. The van der Waals surface area contributed by atoms with E-state index in [4.69, 9.17) is 21.1 Å². The third-order valence-corrected chi connectivity index (χ3v) is 3.72. The number of hydrogen-bond acceptors (Lipinski definition) is 4. The number of ether oxygens (including phenoxy) is 2. The molecule has 0 atom stereocenters. The van der Waals surface area contributed by atoms with Crippen molar-refractivity contribution in [2.75, 3.05) is 19.5 Å². The van der Waals surface area contributed by atoms with Crippen LogP contribution >= 0.6 is 22.9 Å². The molecule has 0 bridgehead atoms. The van der Waals surface area contributed by atoms with Crippen molar-refractivity contribution < 1.29 is 14.3 Å². The van der Waals surface area contributed by atoms with Crippen molar-refractivity contribution in [3.05, 3.63) is 39.5 Å². The number of thiophene rings is 1. The molecule has 100 valence electrons. The topological polar surface area (TPSA) is 47.6 Å². The second kappa shape index (κ2) is 5.95. The van der Waals surface area contributed by atoms with Gasteiger partial charge in [-0.1, -0.05) is 11.6 Å². The van der Waals surface area contributed by atoms with Gasteiger partial charge >= 0.3 is 0 Å². The zero-order valence-corrected chi connectivity index (χ0v) is 12.0. The summed E-state index contributed by atoms with van der Waals surface area (Å²) in [6.45, 7) is 0. The van der Waals surface area contributed by atoms with E-state index in [1.165, 1.54) is 18.4 Å². The highest BCUT2D eigenvalue weighted by molar-refractivity contribution is 7.12. The maximum absolute atomic E-state index is 12.0. The van der Waals surface area contributed by atoms with Gasteiger partial charge in [-0.2, -0.15) is 0 Å². The lowest BCUT2D eigenvalue weighted by Crippen LogP contribution is -2.11. The van der Waals surface area contributed by atoms with Gasteiger partial charge in [0.1, 0.15) is 11.5 Å². The standard InChI is InChI=1S/C13H12ClNO3S/c1-17-9-3-4-10(11(6-9)18-2)15-13(16)12-5-8(14)7-19-12/h3-7H,1-2H3,(H,15,16). The first-order valence-electron chi connectivity index (χ1n) is 5.41. The second-order valence-electron chi connectivity index (χ2n) is 3.65. The molecule has 0 saturated carbocycles. The predicted molar refractivity (Wildman–Crippen MR) is 76.8 cm³/mol. The molecule has 0 saturated heterocycles. The molecule has 2 aromatic rings. The normalized spacial score (nSPS) is 10.1. The maximum atomic E-state index is 12.0. The summed E-state index contributed by atoms with van der Waals surface area (Å²) in [6, 6.07) is 6.80. The molecule has 1 amide bonds. The Morgan fingerprint density at radius 3 is 2.63 bits per heavy atom. The molecule has 0 unspecified atom stereocenters. The summed E-state index contributed by atoms with van der Waals surface area (Å²) in [5.74, 6) is 0.977. The number of anilines is 1. The minimum absolute atomic E-state index is 0.222. The van der Waals surface area contributed by atoms with Gasteiger partial charge in [-0.05, 0) is 18.2 Å². The van der Waals surface area contributed by atoms with E-state index in [-0.39, 0.29) is 5.91 Å². The highest BCUT2D eigenvalue weighted by Crippen LogP contribution is 2.30. The third-order valence-electron chi connectivity index (χ3n) is 2.45. The average Bonchev–Trinajstić information content (AvgIpc) is 2.86.